The Hall–Kier alpha value is -0.900. The van der Waals surface area contributed by atoms with Crippen LogP contribution in [0.4, 0.5) is 0 Å². The Bertz CT molecular complexity index is 514. The summed E-state index contributed by atoms with van der Waals surface area (Å²) in [5.74, 6) is 0. The van der Waals surface area contributed by atoms with Crippen molar-refractivity contribution < 1.29 is 9.84 Å². The average Bonchev–Trinajstić information content (AvgIpc) is 2.96. The molecule has 0 atom stereocenters. The molecule has 2 N–H and O–H groups in total. The molecule has 1 aromatic carbocycles. The Kier molecular flexibility index (Phi) is 4.56. The van der Waals surface area contributed by atoms with Crippen LogP contribution in [0.5, 0.6) is 0 Å². The summed E-state index contributed by atoms with van der Waals surface area (Å²) < 4.78 is 5.34. The van der Waals surface area contributed by atoms with Crippen molar-refractivity contribution in [1.82, 2.24) is 5.32 Å². The van der Waals surface area contributed by atoms with Gasteiger partial charge in [-0.2, -0.15) is 0 Å². The molecule has 0 aromatic heterocycles. The largest absolute Gasteiger partial charge is 0.396 e. The molecule has 0 spiro atoms. The van der Waals surface area contributed by atoms with E-state index in [-0.39, 0.29) is 23.0 Å². The van der Waals surface area contributed by atoms with Crippen LogP contribution in [0.15, 0.2) is 24.3 Å². The zero-order valence-corrected chi connectivity index (χ0v) is 14.8. The van der Waals surface area contributed by atoms with Crippen molar-refractivity contribution >= 4 is 0 Å². The maximum absolute atomic E-state index is 9.67. The van der Waals surface area contributed by atoms with E-state index in [0.717, 1.165) is 6.54 Å². The van der Waals surface area contributed by atoms with E-state index in [4.69, 9.17) is 4.74 Å². The maximum Gasteiger partial charge on any atom is 0.0579 e. The molecule has 3 rings (SSSR count). The lowest BCUT2D eigenvalue weighted by molar-refractivity contribution is -0.136. The summed E-state index contributed by atoms with van der Waals surface area (Å²) in [5, 5.41) is 13.5. The van der Waals surface area contributed by atoms with Crippen molar-refractivity contribution in [1.29, 1.82) is 0 Å². The van der Waals surface area contributed by atoms with Crippen molar-refractivity contribution in [2.75, 3.05) is 26.4 Å². The van der Waals surface area contributed by atoms with Crippen LogP contribution in [0, 0.1) is 5.41 Å². The zero-order chi connectivity index (χ0) is 16.6. The van der Waals surface area contributed by atoms with E-state index in [9.17, 15) is 5.11 Å². The van der Waals surface area contributed by atoms with Gasteiger partial charge in [0.25, 0.3) is 0 Å². The summed E-state index contributed by atoms with van der Waals surface area (Å²) >= 11 is 0. The minimum atomic E-state index is -0.0685. The van der Waals surface area contributed by atoms with Crippen molar-refractivity contribution in [2.24, 2.45) is 5.41 Å². The van der Waals surface area contributed by atoms with Crippen LogP contribution >= 0.6 is 0 Å². The van der Waals surface area contributed by atoms with E-state index in [2.05, 4.69) is 50.4 Å². The molecule has 0 amide bonds. The summed E-state index contributed by atoms with van der Waals surface area (Å²) in [7, 11) is 0. The number of ether oxygens (including phenoxy) is 1. The molecular weight excluding hydrogens is 286 g/mol. The van der Waals surface area contributed by atoms with E-state index in [1.165, 1.54) is 36.8 Å². The van der Waals surface area contributed by atoms with Gasteiger partial charge in [0.05, 0.1) is 25.2 Å². The van der Waals surface area contributed by atoms with Gasteiger partial charge in [0.1, 0.15) is 0 Å². The molecule has 1 aliphatic heterocycles. The first kappa shape index (κ1) is 16.9. The Balaban J connectivity index is 1.77. The second-order valence-electron chi connectivity index (χ2n) is 8.62. The smallest absolute Gasteiger partial charge is 0.0579 e. The van der Waals surface area contributed by atoms with Crippen molar-refractivity contribution in [2.45, 2.75) is 57.4 Å². The molecule has 0 radical (unpaired) electrons. The molecule has 2 aliphatic rings. The number of aliphatic hydroxyl groups is 1. The van der Waals surface area contributed by atoms with Crippen LogP contribution < -0.4 is 5.32 Å². The Morgan fingerprint density at radius 2 is 1.70 bits per heavy atom. The number of rotatable bonds is 5. The van der Waals surface area contributed by atoms with Gasteiger partial charge in [0.15, 0.2) is 0 Å². The third-order valence-electron chi connectivity index (χ3n) is 5.71. The topological polar surface area (TPSA) is 41.5 Å². The summed E-state index contributed by atoms with van der Waals surface area (Å²) in [4.78, 5) is 0. The average molecular weight is 317 g/mol. The number of aliphatic hydroxyl groups excluding tert-OH is 1. The molecule has 3 heteroatoms. The van der Waals surface area contributed by atoms with Gasteiger partial charge in [-0.3, -0.25) is 0 Å². The van der Waals surface area contributed by atoms with Crippen LogP contribution in [-0.2, 0) is 15.7 Å². The standard InChI is InChI=1S/C20H31NO2/c1-18(2,3)16-6-8-17(9-7-16)20(10-4-5-11-20)21-12-19(13-22)14-23-15-19/h6-9,21-22H,4-5,10-15H2,1-3H3. The molecule has 3 nitrogen and oxygen atoms in total. The molecule has 1 saturated heterocycles. The van der Waals surface area contributed by atoms with E-state index < -0.39 is 0 Å². The van der Waals surface area contributed by atoms with Crippen LogP contribution in [0.25, 0.3) is 0 Å². The van der Waals surface area contributed by atoms with Gasteiger partial charge >= 0.3 is 0 Å². The summed E-state index contributed by atoms with van der Waals surface area (Å²) in [6, 6.07) is 9.18. The van der Waals surface area contributed by atoms with Crippen LogP contribution in [0.1, 0.15) is 57.6 Å². The first-order valence-electron chi connectivity index (χ1n) is 8.94. The van der Waals surface area contributed by atoms with Crippen molar-refractivity contribution in [3.05, 3.63) is 35.4 Å². The monoisotopic (exact) mass is 317 g/mol. The molecule has 0 unspecified atom stereocenters. The lowest BCUT2D eigenvalue weighted by Crippen LogP contribution is -2.56. The minimum absolute atomic E-state index is 0.0685. The second kappa shape index (κ2) is 6.19. The number of nitrogens with one attached hydrogen (secondary N) is 1. The summed E-state index contributed by atoms with van der Waals surface area (Å²) in [6.07, 6.45) is 4.92. The van der Waals surface area contributed by atoms with E-state index >= 15 is 0 Å². The Morgan fingerprint density at radius 1 is 1.09 bits per heavy atom. The van der Waals surface area contributed by atoms with Crippen LogP contribution in [-0.4, -0.2) is 31.5 Å². The van der Waals surface area contributed by atoms with Gasteiger partial charge < -0.3 is 15.2 Å². The maximum atomic E-state index is 9.67. The predicted molar refractivity (Wildman–Crippen MR) is 93.6 cm³/mol. The fourth-order valence-electron chi connectivity index (χ4n) is 3.83. The van der Waals surface area contributed by atoms with Gasteiger partial charge in [-0.05, 0) is 29.4 Å². The normalized spacial score (nSPS) is 22.8. The molecule has 1 heterocycles. The Labute approximate surface area is 140 Å². The van der Waals surface area contributed by atoms with Crippen LogP contribution in [0.3, 0.4) is 0 Å². The van der Waals surface area contributed by atoms with Gasteiger partial charge in [-0.15, -0.1) is 0 Å². The Morgan fingerprint density at radius 3 is 2.13 bits per heavy atom. The first-order valence-corrected chi connectivity index (χ1v) is 8.94. The first-order chi connectivity index (χ1) is 10.9. The van der Waals surface area contributed by atoms with E-state index in [1.54, 1.807) is 0 Å². The molecule has 1 aromatic rings. The highest BCUT2D eigenvalue weighted by Gasteiger charge is 2.42. The van der Waals surface area contributed by atoms with Crippen molar-refractivity contribution in [3.8, 4) is 0 Å². The molecule has 0 bridgehead atoms. The minimum Gasteiger partial charge on any atom is -0.396 e. The number of hydrogen-bond donors (Lipinski definition) is 2. The second-order valence-corrected chi connectivity index (χ2v) is 8.62. The molecule has 128 valence electrons. The molecule has 1 aliphatic carbocycles. The fourth-order valence-corrected chi connectivity index (χ4v) is 3.83. The quantitative estimate of drug-likeness (QED) is 0.875. The zero-order valence-electron chi connectivity index (χ0n) is 14.8. The lowest BCUT2D eigenvalue weighted by Gasteiger charge is -2.43. The van der Waals surface area contributed by atoms with Gasteiger partial charge in [0.2, 0.25) is 0 Å². The summed E-state index contributed by atoms with van der Waals surface area (Å²) in [6.45, 7) is 9.17. The fraction of sp³-hybridized carbons (Fsp3) is 0.700. The highest BCUT2D eigenvalue weighted by molar-refractivity contribution is 5.32. The lowest BCUT2D eigenvalue weighted by atomic mass is 9.81. The molecule has 1 saturated carbocycles. The van der Waals surface area contributed by atoms with Crippen LogP contribution in [0.2, 0.25) is 0 Å². The van der Waals surface area contributed by atoms with Crippen molar-refractivity contribution in [3.63, 3.8) is 0 Å². The van der Waals surface area contributed by atoms with E-state index in [1.807, 2.05) is 0 Å². The SMILES string of the molecule is CC(C)(C)c1ccc(C2(NCC3(CO)COC3)CCCC2)cc1. The number of benzene rings is 1. The highest BCUT2D eigenvalue weighted by Crippen LogP contribution is 2.40. The predicted octanol–water partition coefficient (Wildman–Crippen LogP) is 3.35. The van der Waals surface area contributed by atoms with Gasteiger partial charge in [0, 0.05) is 12.1 Å². The van der Waals surface area contributed by atoms with E-state index in [0.29, 0.717) is 13.2 Å². The third-order valence-corrected chi connectivity index (χ3v) is 5.71. The number of hydrogen-bond acceptors (Lipinski definition) is 3. The highest BCUT2D eigenvalue weighted by atomic mass is 16.5. The molecular formula is C20H31NO2. The third kappa shape index (κ3) is 3.33. The summed E-state index contributed by atoms with van der Waals surface area (Å²) in [5.41, 5.74) is 2.98. The van der Waals surface area contributed by atoms with Gasteiger partial charge in [-0.25, -0.2) is 0 Å². The van der Waals surface area contributed by atoms with Gasteiger partial charge in [-0.1, -0.05) is 57.9 Å². The molecule has 23 heavy (non-hydrogen) atoms. The molecule has 2 fully saturated rings.